The zero-order valence-corrected chi connectivity index (χ0v) is 17.7. The van der Waals surface area contributed by atoms with Crippen LogP contribution in [0.5, 0.6) is 5.75 Å². The normalized spacial score (nSPS) is 15.8. The van der Waals surface area contributed by atoms with E-state index in [1.54, 1.807) is 14.2 Å². The van der Waals surface area contributed by atoms with Gasteiger partial charge in [0.25, 0.3) is 0 Å². The molecule has 1 aliphatic rings. The first kappa shape index (κ1) is 20.2. The third kappa shape index (κ3) is 3.96. The van der Waals surface area contributed by atoms with Gasteiger partial charge in [-0.1, -0.05) is 12.1 Å². The summed E-state index contributed by atoms with van der Waals surface area (Å²) in [6.45, 7) is 3.17. The Balaban J connectivity index is 1.58. The second-order valence-corrected chi connectivity index (χ2v) is 7.24. The first-order chi connectivity index (χ1) is 14.7. The summed E-state index contributed by atoms with van der Waals surface area (Å²) < 4.78 is 19.2. The quantitative estimate of drug-likeness (QED) is 0.510. The van der Waals surface area contributed by atoms with E-state index in [-0.39, 0.29) is 6.04 Å². The number of ether oxygens (including phenoxy) is 3. The van der Waals surface area contributed by atoms with Gasteiger partial charge in [0, 0.05) is 24.4 Å². The lowest BCUT2D eigenvalue weighted by Gasteiger charge is -2.18. The summed E-state index contributed by atoms with van der Waals surface area (Å²) in [5, 5.41) is 0. The summed E-state index contributed by atoms with van der Waals surface area (Å²) in [5.41, 5.74) is 4.15. The fraction of sp³-hybridized carbons (Fsp3) is 0.333. The maximum atomic E-state index is 6.10. The van der Waals surface area contributed by atoms with Crippen molar-refractivity contribution in [3.05, 3.63) is 71.9 Å². The second kappa shape index (κ2) is 9.13. The number of aromatic nitrogens is 3. The zero-order valence-electron chi connectivity index (χ0n) is 17.7. The van der Waals surface area contributed by atoms with Gasteiger partial charge in [-0.2, -0.15) is 0 Å². The highest BCUT2D eigenvalue weighted by atomic mass is 16.5. The average molecular weight is 405 g/mol. The molecule has 2 aromatic heterocycles. The molecule has 4 rings (SSSR count). The van der Waals surface area contributed by atoms with E-state index in [0.29, 0.717) is 13.2 Å². The minimum atomic E-state index is 0.234. The molecule has 0 bridgehead atoms. The molecule has 0 radical (unpaired) electrons. The molecule has 0 unspecified atom stereocenters. The minimum absolute atomic E-state index is 0.234. The highest BCUT2D eigenvalue weighted by Crippen LogP contribution is 2.38. The van der Waals surface area contributed by atoms with Crippen molar-refractivity contribution in [2.45, 2.75) is 32.4 Å². The van der Waals surface area contributed by atoms with Crippen LogP contribution < -0.4 is 4.74 Å². The number of nitrogens with zero attached hydrogens (tertiary/aromatic N) is 3. The number of benzene rings is 1. The number of hydrogen-bond donors (Lipinski definition) is 0. The van der Waals surface area contributed by atoms with Gasteiger partial charge < -0.3 is 18.8 Å². The van der Waals surface area contributed by atoms with Gasteiger partial charge in [0.05, 0.1) is 39.2 Å². The summed E-state index contributed by atoms with van der Waals surface area (Å²) in [6, 6.07) is 12.3. The summed E-state index contributed by atoms with van der Waals surface area (Å²) in [4.78, 5) is 9.09. The van der Waals surface area contributed by atoms with Crippen LogP contribution in [-0.4, -0.2) is 35.4 Å². The van der Waals surface area contributed by atoms with Crippen molar-refractivity contribution in [1.29, 1.82) is 0 Å². The smallest absolute Gasteiger partial charge is 0.142 e. The molecule has 30 heavy (non-hydrogen) atoms. The number of aryl methyl sites for hydroxylation is 1. The number of pyridine rings is 1. The van der Waals surface area contributed by atoms with Crippen molar-refractivity contribution in [2.75, 3.05) is 20.8 Å². The Morgan fingerprint density at radius 2 is 1.90 bits per heavy atom. The first-order valence-electron chi connectivity index (χ1n) is 10.2. The standard InChI is InChI=1S/C24H27N3O3/c1-4-21(29-3)23-24(18-11-13-25-14-12-18)27-19(7-10-22(27)26-23)16-30-15-17-5-8-20(28-2)9-6-17/h4-6,8-9,11-14,19H,7,10,15-16H2,1-3H3/b21-4-/t19-/m0/s1. The summed E-state index contributed by atoms with van der Waals surface area (Å²) in [7, 11) is 3.36. The third-order valence-electron chi connectivity index (χ3n) is 5.46. The fourth-order valence-electron chi connectivity index (χ4n) is 3.97. The molecular weight excluding hydrogens is 378 g/mol. The van der Waals surface area contributed by atoms with Crippen molar-refractivity contribution in [1.82, 2.24) is 14.5 Å². The monoisotopic (exact) mass is 405 g/mol. The largest absolute Gasteiger partial charge is 0.497 e. The Morgan fingerprint density at radius 3 is 2.57 bits per heavy atom. The molecule has 0 saturated heterocycles. The summed E-state index contributed by atoms with van der Waals surface area (Å²) in [6.07, 6.45) is 7.52. The van der Waals surface area contributed by atoms with Crippen LogP contribution in [-0.2, 0) is 22.5 Å². The molecular formula is C24H27N3O3. The second-order valence-electron chi connectivity index (χ2n) is 7.24. The van der Waals surface area contributed by atoms with Crippen molar-refractivity contribution in [2.24, 2.45) is 0 Å². The van der Waals surface area contributed by atoms with E-state index in [9.17, 15) is 0 Å². The molecule has 6 heteroatoms. The molecule has 3 heterocycles. The molecule has 0 fully saturated rings. The number of fused-ring (bicyclic) bond motifs is 1. The van der Waals surface area contributed by atoms with Gasteiger partial charge >= 0.3 is 0 Å². The highest BCUT2D eigenvalue weighted by molar-refractivity contribution is 5.75. The van der Waals surface area contributed by atoms with Gasteiger partial charge in [-0.05, 0) is 49.2 Å². The molecule has 0 aliphatic carbocycles. The molecule has 1 atom stereocenters. The van der Waals surface area contributed by atoms with Crippen molar-refractivity contribution < 1.29 is 14.2 Å². The van der Waals surface area contributed by atoms with Crippen LogP contribution in [0.1, 0.15) is 36.5 Å². The fourth-order valence-corrected chi connectivity index (χ4v) is 3.97. The molecule has 0 amide bonds. The SMILES string of the molecule is C/C=C(\OC)c1nc2n(c1-c1ccncc1)[C@H](COCc1ccc(OC)cc1)CC2. The number of methoxy groups -OCH3 is 2. The van der Waals surface area contributed by atoms with Gasteiger partial charge in [-0.3, -0.25) is 4.98 Å². The zero-order chi connectivity index (χ0) is 20.9. The average Bonchev–Trinajstić information content (AvgIpc) is 3.35. The van der Waals surface area contributed by atoms with Crippen molar-refractivity contribution >= 4 is 5.76 Å². The Kier molecular flexibility index (Phi) is 6.14. The Bertz CT molecular complexity index is 1010. The van der Waals surface area contributed by atoms with Gasteiger partial charge in [0.15, 0.2) is 0 Å². The molecule has 1 aliphatic heterocycles. The van der Waals surface area contributed by atoms with Crippen LogP contribution in [0, 0.1) is 0 Å². The van der Waals surface area contributed by atoms with Crippen LogP contribution in [0.15, 0.2) is 54.9 Å². The Morgan fingerprint density at radius 1 is 1.13 bits per heavy atom. The van der Waals surface area contributed by atoms with Crippen molar-refractivity contribution in [3.63, 3.8) is 0 Å². The molecule has 0 saturated carbocycles. The molecule has 156 valence electrons. The van der Waals surface area contributed by atoms with Crippen LogP contribution in [0.25, 0.3) is 17.0 Å². The van der Waals surface area contributed by atoms with Gasteiger partial charge in [0.1, 0.15) is 23.0 Å². The van der Waals surface area contributed by atoms with Crippen LogP contribution >= 0.6 is 0 Å². The van der Waals surface area contributed by atoms with Crippen LogP contribution in [0.2, 0.25) is 0 Å². The van der Waals surface area contributed by atoms with E-state index in [1.807, 2.05) is 61.8 Å². The number of imidazole rings is 1. The predicted octanol–water partition coefficient (Wildman–Crippen LogP) is 4.67. The minimum Gasteiger partial charge on any atom is -0.497 e. The summed E-state index contributed by atoms with van der Waals surface area (Å²) >= 11 is 0. The maximum absolute atomic E-state index is 6.10. The first-order valence-corrected chi connectivity index (χ1v) is 10.2. The lowest BCUT2D eigenvalue weighted by molar-refractivity contribution is 0.0924. The van der Waals surface area contributed by atoms with Gasteiger partial charge in [0.2, 0.25) is 0 Å². The summed E-state index contributed by atoms with van der Waals surface area (Å²) in [5.74, 6) is 2.71. The van der Waals surface area contributed by atoms with Gasteiger partial charge in [-0.15, -0.1) is 0 Å². The van der Waals surface area contributed by atoms with E-state index in [2.05, 4.69) is 9.55 Å². The number of allylic oxidation sites excluding steroid dienone is 1. The lowest BCUT2D eigenvalue weighted by Crippen LogP contribution is -2.13. The number of rotatable bonds is 8. The van der Waals surface area contributed by atoms with E-state index < -0.39 is 0 Å². The van der Waals surface area contributed by atoms with E-state index in [1.165, 1.54) is 0 Å². The van der Waals surface area contributed by atoms with Crippen LogP contribution in [0.4, 0.5) is 0 Å². The van der Waals surface area contributed by atoms with E-state index in [4.69, 9.17) is 19.2 Å². The topological polar surface area (TPSA) is 58.4 Å². The molecule has 0 N–H and O–H groups in total. The molecule has 1 aromatic carbocycles. The molecule has 3 aromatic rings. The highest BCUT2D eigenvalue weighted by Gasteiger charge is 2.31. The van der Waals surface area contributed by atoms with E-state index in [0.717, 1.165) is 52.7 Å². The maximum Gasteiger partial charge on any atom is 0.142 e. The van der Waals surface area contributed by atoms with Crippen LogP contribution in [0.3, 0.4) is 0 Å². The number of hydrogen-bond acceptors (Lipinski definition) is 5. The van der Waals surface area contributed by atoms with Gasteiger partial charge in [-0.25, -0.2) is 4.98 Å². The molecule has 6 nitrogen and oxygen atoms in total. The predicted molar refractivity (Wildman–Crippen MR) is 116 cm³/mol. The lowest BCUT2D eigenvalue weighted by atomic mass is 10.1. The third-order valence-corrected chi connectivity index (χ3v) is 5.46. The van der Waals surface area contributed by atoms with E-state index >= 15 is 0 Å². The Labute approximate surface area is 177 Å². The molecule has 0 spiro atoms. The van der Waals surface area contributed by atoms with Crippen molar-refractivity contribution in [3.8, 4) is 17.0 Å². The Hall–Kier alpha value is -3.12.